The number of nitrogens with one attached hydrogen (secondary N) is 2. The van der Waals surface area contributed by atoms with Crippen LogP contribution >= 0.6 is 0 Å². The van der Waals surface area contributed by atoms with Crippen molar-refractivity contribution in [2.75, 3.05) is 11.9 Å². The fraction of sp³-hybridized carbons (Fsp3) is 0.474. The number of anilines is 1. The second-order valence-electron chi connectivity index (χ2n) is 7.70. The number of carbonyl (C=O) groups is 1. The molecule has 1 aliphatic heterocycles. The summed E-state index contributed by atoms with van der Waals surface area (Å²) >= 11 is 0. The Hall–Kier alpha value is -3.11. The first-order chi connectivity index (χ1) is 14.2. The highest BCUT2D eigenvalue weighted by molar-refractivity contribution is 5.84. The van der Waals surface area contributed by atoms with Crippen molar-refractivity contribution in [1.29, 1.82) is 0 Å². The van der Waals surface area contributed by atoms with E-state index in [0.29, 0.717) is 6.54 Å². The normalized spacial score (nSPS) is 18.9. The van der Waals surface area contributed by atoms with Gasteiger partial charge in [0.25, 0.3) is 11.4 Å². The molecule has 3 heterocycles. The summed E-state index contributed by atoms with van der Waals surface area (Å²) in [5.74, 6) is -0.423. The number of pyridine rings is 1. The van der Waals surface area contributed by atoms with Crippen molar-refractivity contribution in [3.05, 3.63) is 40.5 Å². The van der Waals surface area contributed by atoms with Gasteiger partial charge in [-0.15, -0.1) is 5.10 Å². The Morgan fingerprint density at radius 2 is 2.07 bits per heavy atom. The zero-order chi connectivity index (χ0) is 21.5. The molecule has 2 aromatic rings. The molecule has 11 heteroatoms. The summed E-state index contributed by atoms with van der Waals surface area (Å²) in [4.78, 5) is 28.1. The number of aromatic nitrogens is 3. The predicted octanol–water partition coefficient (Wildman–Crippen LogP) is 3.16. The Balaban J connectivity index is 1.44. The van der Waals surface area contributed by atoms with E-state index in [1.807, 2.05) is 6.20 Å². The first-order valence-electron chi connectivity index (χ1n) is 9.58. The zero-order valence-corrected chi connectivity index (χ0v) is 16.1. The lowest BCUT2D eigenvalue weighted by molar-refractivity contribution is -0.141. The average molecular weight is 423 g/mol. The fourth-order valence-electron chi connectivity index (χ4n) is 3.46. The molecule has 0 bridgehead atoms. The van der Waals surface area contributed by atoms with Gasteiger partial charge in [-0.25, -0.2) is 0 Å². The topological polar surface area (TPSA) is 104 Å². The van der Waals surface area contributed by atoms with Crippen molar-refractivity contribution in [1.82, 2.24) is 20.1 Å². The maximum absolute atomic E-state index is 12.7. The smallest absolute Gasteiger partial charge is 0.403 e. The molecule has 1 fully saturated rings. The molecule has 0 saturated heterocycles. The Morgan fingerprint density at radius 1 is 1.30 bits per heavy atom. The highest BCUT2D eigenvalue weighted by atomic mass is 19.4. The van der Waals surface area contributed by atoms with E-state index in [2.05, 4.69) is 21.6 Å². The second kappa shape index (κ2) is 7.29. The minimum Gasteiger partial charge on any atom is -0.403 e. The Bertz CT molecular complexity index is 1040. The van der Waals surface area contributed by atoms with Crippen molar-refractivity contribution in [3.63, 3.8) is 0 Å². The van der Waals surface area contributed by atoms with Gasteiger partial charge in [-0.05, 0) is 50.2 Å². The van der Waals surface area contributed by atoms with Crippen LogP contribution in [0, 0.1) is 5.41 Å². The number of nitrogens with zero attached hydrogens (tertiary/aromatic N) is 3. The molecular formula is C19H20F3N5O3. The largest absolute Gasteiger partial charge is 0.431 e. The molecule has 0 radical (unpaired) electrons. The first kappa shape index (κ1) is 20.2. The molecule has 1 aliphatic carbocycles. The van der Waals surface area contributed by atoms with E-state index in [-0.39, 0.29) is 28.8 Å². The zero-order valence-electron chi connectivity index (χ0n) is 16.1. The van der Waals surface area contributed by atoms with Gasteiger partial charge < -0.3 is 19.6 Å². The van der Waals surface area contributed by atoms with Crippen LogP contribution in [-0.4, -0.2) is 38.6 Å². The van der Waals surface area contributed by atoms with Crippen molar-refractivity contribution < 1.29 is 22.4 Å². The van der Waals surface area contributed by atoms with E-state index in [0.717, 1.165) is 37.8 Å². The number of hydrogen-bond donors (Lipinski definition) is 2. The van der Waals surface area contributed by atoms with Crippen LogP contribution in [0.4, 0.5) is 19.2 Å². The van der Waals surface area contributed by atoms with Crippen molar-refractivity contribution in [2.45, 2.75) is 44.8 Å². The van der Waals surface area contributed by atoms with Crippen molar-refractivity contribution in [2.24, 2.45) is 5.41 Å². The number of alkyl halides is 3. The van der Waals surface area contributed by atoms with Gasteiger partial charge in [0.1, 0.15) is 17.3 Å². The van der Waals surface area contributed by atoms with E-state index >= 15 is 0 Å². The first-order valence-corrected chi connectivity index (χ1v) is 9.58. The summed E-state index contributed by atoms with van der Waals surface area (Å²) < 4.78 is 43.4. The molecule has 4 rings (SSSR count). The lowest BCUT2D eigenvalue weighted by Crippen LogP contribution is -2.38. The maximum Gasteiger partial charge on any atom is 0.431 e. The van der Waals surface area contributed by atoms with E-state index in [1.54, 1.807) is 16.8 Å². The molecule has 1 saturated carbocycles. The quantitative estimate of drug-likeness (QED) is 0.783. The molecule has 2 aromatic heterocycles. The Kier molecular flexibility index (Phi) is 4.91. The van der Waals surface area contributed by atoms with Gasteiger partial charge in [-0.2, -0.15) is 13.2 Å². The lowest BCUT2D eigenvalue weighted by Gasteiger charge is -2.21. The number of halogens is 3. The van der Waals surface area contributed by atoms with Gasteiger partial charge in [0, 0.05) is 12.7 Å². The monoisotopic (exact) mass is 423 g/mol. The van der Waals surface area contributed by atoms with Crippen LogP contribution < -0.4 is 10.9 Å². The molecule has 30 heavy (non-hydrogen) atoms. The summed E-state index contributed by atoms with van der Waals surface area (Å²) in [5.41, 5.74) is -2.12. The van der Waals surface area contributed by atoms with Gasteiger partial charge in [0.15, 0.2) is 0 Å². The van der Waals surface area contributed by atoms with Crippen molar-refractivity contribution >= 4 is 11.9 Å². The molecule has 0 aromatic carbocycles. The summed E-state index contributed by atoms with van der Waals surface area (Å²) in [6, 6.07) is 0.895. The number of aromatic amines is 1. The summed E-state index contributed by atoms with van der Waals surface area (Å²) in [7, 11) is 0. The number of allylic oxidation sites excluding steroid dienone is 1. The van der Waals surface area contributed by atoms with E-state index in [4.69, 9.17) is 4.42 Å². The third-order valence-electron chi connectivity index (χ3n) is 5.44. The Morgan fingerprint density at radius 3 is 2.73 bits per heavy atom. The number of H-pyrrole nitrogens is 1. The van der Waals surface area contributed by atoms with Crippen LogP contribution in [0.2, 0.25) is 0 Å². The van der Waals surface area contributed by atoms with Gasteiger partial charge in [0.05, 0.1) is 0 Å². The summed E-state index contributed by atoms with van der Waals surface area (Å²) in [6.07, 6.45) is 3.58. The number of amides is 1. The summed E-state index contributed by atoms with van der Waals surface area (Å²) in [6.45, 7) is 2.27. The van der Waals surface area contributed by atoms with Crippen LogP contribution in [0.25, 0.3) is 11.5 Å². The van der Waals surface area contributed by atoms with E-state index in [9.17, 15) is 22.8 Å². The minimum atomic E-state index is -4.67. The SMILES string of the molecule is C[C@@H](Nc1nnc(-c2ccc(C(F)(F)F)[nH]c2=O)o1)C(=O)N1C=CC2(CCC1)CC2. The lowest BCUT2D eigenvalue weighted by atomic mass is 10.0. The van der Waals surface area contributed by atoms with E-state index < -0.39 is 23.5 Å². The van der Waals surface area contributed by atoms with Gasteiger partial charge in [0.2, 0.25) is 5.91 Å². The van der Waals surface area contributed by atoms with Gasteiger partial charge in [-0.1, -0.05) is 11.2 Å². The minimum absolute atomic E-state index is 0.109. The van der Waals surface area contributed by atoms with Crippen molar-refractivity contribution in [3.8, 4) is 11.5 Å². The maximum atomic E-state index is 12.7. The van der Waals surface area contributed by atoms with Crippen LogP contribution in [0.3, 0.4) is 0 Å². The van der Waals surface area contributed by atoms with Crippen LogP contribution in [0.15, 0.2) is 33.6 Å². The number of rotatable bonds is 4. The number of hydrogen-bond acceptors (Lipinski definition) is 6. The molecule has 1 amide bonds. The van der Waals surface area contributed by atoms with Crippen LogP contribution in [0.5, 0.6) is 0 Å². The third-order valence-corrected chi connectivity index (χ3v) is 5.44. The molecular weight excluding hydrogens is 403 g/mol. The highest BCUT2D eigenvalue weighted by Gasteiger charge is 2.41. The predicted molar refractivity (Wildman–Crippen MR) is 100 cm³/mol. The van der Waals surface area contributed by atoms with E-state index in [1.165, 1.54) is 0 Å². The second-order valence-corrected chi connectivity index (χ2v) is 7.70. The fourth-order valence-corrected chi connectivity index (χ4v) is 3.46. The molecule has 1 atom stereocenters. The van der Waals surface area contributed by atoms with Crippen LogP contribution in [-0.2, 0) is 11.0 Å². The summed E-state index contributed by atoms with van der Waals surface area (Å²) in [5, 5.41) is 10.2. The van der Waals surface area contributed by atoms with Gasteiger partial charge in [-0.3, -0.25) is 9.59 Å². The van der Waals surface area contributed by atoms with Gasteiger partial charge >= 0.3 is 12.2 Å². The number of carbonyl (C=O) groups excluding carboxylic acids is 1. The highest BCUT2D eigenvalue weighted by Crippen LogP contribution is 2.51. The molecule has 0 unspecified atom stereocenters. The molecule has 1 spiro atoms. The third kappa shape index (κ3) is 4.10. The average Bonchev–Trinajstić information content (AvgIpc) is 3.37. The molecule has 2 N–H and O–H groups in total. The molecule has 2 aliphatic rings. The van der Waals surface area contributed by atoms with Crippen LogP contribution in [0.1, 0.15) is 38.3 Å². The molecule has 160 valence electrons. The standard InChI is InChI=1S/C19H20F3N5O3/c1-11(16(29)27-9-2-5-18(6-7-18)8-10-27)23-17-26-25-15(30-17)12-3-4-13(19(20,21)22)24-14(12)28/h3-4,8,10-11H,2,5-7,9H2,1H3,(H,23,26)(H,24,28)/t11-/m1/s1. The molecule has 8 nitrogen and oxygen atoms in total. The Labute approximate surface area is 169 Å².